The Morgan fingerprint density at radius 1 is 1.10 bits per heavy atom. The summed E-state index contributed by atoms with van der Waals surface area (Å²) in [7, 11) is 0. The largest absolute Gasteiger partial charge is 0.375 e. The summed E-state index contributed by atoms with van der Waals surface area (Å²) in [5.74, 6) is 5.42. The van der Waals surface area contributed by atoms with Gasteiger partial charge in [-0.3, -0.25) is 4.79 Å². The number of thioether (sulfide) groups is 1. The maximum atomic E-state index is 13.0. The van der Waals surface area contributed by atoms with Gasteiger partial charge in [0.15, 0.2) is 0 Å². The van der Waals surface area contributed by atoms with Crippen LogP contribution < -0.4 is 0 Å². The molecule has 4 atom stereocenters. The van der Waals surface area contributed by atoms with Crippen LogP contribution in [-0.4, -0.2) is 29.5 Å². The summed E-state index contributed by atoms with van der Waals surface area (Å²) in [6.45, 7) is 0.821. The van der Waals surface area contributed by atoms with Crippen molar-refractivity contribution in [2.45, 2.75) is 57.0 Å². The molecule has 0 aromatic rings. The standard InChI is InChI=1S/C17H26O2S/c18-16(15-10-12-1-2-13(15)9-12)14-3-6-19-17(11-14)4-7-20-8-5-17/h12-15H,1-11H2. The van der Waals surface area contributed by atoms with Gasteiger partial charge in [0.1, 0.15) is 5.78 Å². The number of fused-ring (bicyclic) bond motifs is 2. The van der Waals surface area contributed by atoms with E-state index in [1.165, 1.54) is 37.2 Å². The van der Waals surface area contributed by atoms with Crippen LogP contribution in [-0.2, 0) is 9.53 Å². The highest BCUT2D eigenvalue weighted by Gasteiger charge is 2.47. The first kappa shape index (κ1) is 13.6. The molecule has 2 aliphatic heterocycles. The van der Waals surface area contributed by atoms with Crippen molar-refractivity contribution < 1.29 is 9.53 Å². The number of hydrogen-bond donors (Lipinski definition) is 0. The summed E-state index contributed by atoms with van der Waals surface area (Å²) in [6.07, 6.45) is 9.62. The van der Waals surface area contributed by atoms with Gasteiger partial charge < -0.3 is 4.74 Å². The molecule has 2 aliphatic carbocycles. The van der Waals surface area contributed by atoms with Gasteiger partial charge in [-0.05, 0) is 68.3 Å². The molecule has 4 unspecified atom stereocenters. The smallest absolute Gasteiger partial charge is 0.139 e. The lowest BCUT2D eigenvalue weighted by molar-refractivity contribution is -0.143. The van der Waals surface area contributed by atoms with E-state index in [0.717, 1.165) is 44.1 Å². The molecule has 2 nitrogen and oxygen atoms in total. The van der Waals surface area contributed by atoms with Crippen molar-refractivity contribution in [2.75, 3.05) is 18.1 Å². The molecule has 112 valence electrons. The van der Waals surface area contributed by atoms with Gasteiger partial charge in [-0.15, -0.1) is 0 Å². The highest BCUT2D eigenvalue weighted by atomic mass is 32.2. The number of ether oxygens (including phenoxy) is 1. The van der Waals surface area contributed by atoms with Crippen LogP contribution >= 0.6 is 11.8 Å². The Bertz CT molecular complexity index is 383. The monoisotopic (exact) mass is 294 g/mol. The Morgan fingerprint density at radius 3 is 2.65 bits per heavy atom. The molecule has 4 aliphatic rings. The minimum atomic E-state index is 0.0709. The Hall–Kier alpha value is -0.0200. The number of carbonyl (C=O) groups excluding carboxylic acids is 1. The summed E-state index contributed by atoms with van der Waals surface area (Å²) in [5, 5.41) is 0. The van der Waals surface area contributed by atoms with Crippen LogP contribution in [0.5, 0.6) is 0 Å². The third-order valence-corrected chi connectivity index (χ3v) is 7.39. The second kappa shape index (κ2) is 5.31. The fourth-order valence-electron chi connectivity index (χ4n) is 5.26. The zero-order chi connectivity index (χ0) is 13.6. The molecular formula is C17H26O2S. The minimum Gasteiger partial charge on any atom is -0.375 e. The zero-order valence-electron chi connectivity index (χ0n) is 12.3. The van der Waals surface area contributed by atoms with Gasteiger partial charge in [-0.1, -0.05) is 6.42 Å². The van der Waals surface area contributed by atoms with Crippen molar-refractivity contribution in [3.8, 4) is 0 Å². The third-order valence-electron chi connectivity index (χ3n) is 6.40. The van der Waals surface area contributed by atoms with E-state index in [2.05, 4.69) is 0 Å². The molecule has 3 heteroatoms. The SMILES string of the molecule is O=C(C1CCOC2(CCSCC2)C1)C1CC2CCC1C2. The summed E-state index contributed by atoms with van der Waals surface area (Å²) in [5.41, 5.74) is 0.0709. The fraction of sp³-hybridized carbons (Fsp3) is 0.941. The van der Waals surface area contributed by atoms with Gasteiger partial charge in [0, 0.05) is 18.4 Å². The molecule has 0 amide bonds. The van der Waals surface area contributed by atoms with Gasteiger partial charge >= 0.3 is 0 Å². The number of rotatable bonds is 2. The normalized spacial score (nSPS) is 43.0. The minimum absolute atomic E-state index is 0.0709. The second-order valence-corrected chi connectivity index (χ2v) is 8.74. The molecule has 0 N–H and O–H groups in total. The molecule has 2 bridgehead atoms. The van der Waals surface area contributed by atoms with E-state index >= 15 is 0 Å². The van der Waals surface area contributed by atoms with Gasteiger partial charge in [-0.2, -0.15) is 11.8 Å². The van der Waals surface area contributed by atoms with Crippen molar-refractivity contribution in [1.82, 2.24) is 0 Å². The predicted octanol–water partition coefficient (Wildman–Crippen LogP) is 3.68. The zero-order valence-corrected chi connectivity index (χ0v) is 13.1. The molecular weight excluding hydrogens is 268 g/mol. The maximum Gasteiger partial charge on any atom is 0.139 e. The summed E-state index contributed by atoms with van der Waals surface area (Å²) < 4.78 is 6.15. The van der Waals surface area contributed by atoms with E-state index in [1.807, 2.05) is 11.8 Å². The lowest BCUT2D eigenvalue weighted by Gasteiger charge is -2.43. The second-order valence-electron chi connectivity index (χ2n) is 7.52. The summed E-state index contributed by atoms with van der Waals surface area (Å²) in [4.78, 5) is 13.0. The van der Waals surface area contributed by atoms with E-state index in [0.29, 0.717) is 17.6 Å². The summed E-state index contributed by atoms with van der Waals surface area (Å²) in [6, 6.07) is 0. The van der Waals surface area contributed by atoms with Crippen LogP contribution in [0, 0.1) is 23.7 Å². The van der Waals surface area contributed by atoms with Gasteiger partial charge in [0.25, 0.3) is 0 Å². The van der Waals surface area contributed by atoms with E-state index in [-0.39, 0.29) is 5.60 Å². The Kier molecular flexibility index (Phi) is 3.62. The first-order valence-electron chi connectivity index (χ1n) is 8.51. The van der Waals surface area contributed by atoms with Crippen molar-refractivity contribution >= 4 is 17.5 Å². The van der Waals surface area contributed by atoms with Crippen LogP contribution in [0.1, 0.15) is 51.4 Å². The van der Waals surface area contributed by atoms with E-state index in [4.69, 9.17) is 4.74 Å². The molecule has 2 heterocycles. The van der Waals surface area contributed by atoms with Gasteiger partial charge in [0.05, 0.1) is 5.60 Å². The van der Waals surface area contributed by atoms with E-state index in [9.17, 15) is 4.79 Å². The topological polar surface area (TPSA) is 26.3 Å². The van der Waals surface area contributed by atoms with Gasteiger partial charge in [-0.25, -0.2) is 0 Å². The van der Waals surface area contributed by atoms with Crippen LogP contribution in [0.4, 0.5) is 0 Å². The predicted molar refractivity (Wildman–Crippen MR) is 81.9 cm³/mol. The van der Waals surface area contributed by atoms with Crippen LogP contribution in [0.25, 0.3) is 0 Å². The molecule has 4 fully saturated rings. The fourth-order valence-corrected chi connectivity index (χ4v) is 6.50. The number of Topliss-reactive ketones (excluding diaryl/α,β-unsaturated/α-hetero) is 1. The lowest BCUT2D eigenvalue weighted by atomic mass is 9.74. The number of hydrogen-bond acceptors (Lipinski definition) is 3. The first-order chi connectivity index (χ1) is 9.76. The highest BCUT2D eigenvalue weighted by Crippen LogP contribution is 2.50. The highest BCUT2D eigenvalue weighted by molar-refractivity contribution is 7.99. The average molecular weight is 294 g/mol. The first-order valence-corrected chi connectivity index (χ1v) is 9.67. The van der Waals surface area contributed by atoms with E-state index in [1.54, 1.807) is 0 Å². The van der Waals surface area contributed by atoms with Crippen LogP contribution in [0.2, 0.25) is 0 Å². The Labute approximate surface area is 126 Å². The molecule has 4 rings (SSSR count). The number of carbonyl (C=O) groups is 1. The van der Waals surface area contributed by atoms with Crippen LogP contribution in [0.15, 0.2) is 0 Å². The third kappa shape index (κ3) is 2.35. The van der Waals surface area contributed by atoms with Crippen molar-refractivity contribution in [3.63, 3.8) is 0 Å². The van der Waals surface area contributed by atoms with Crippen molar-refractivity contribution in [1.29, 1.82) is 0 Å². The van der Waals surface area contributed by atoms with Crippen LogP contribution in [0.3, 0.4) is 0 Å². The molecule has 0 aromatic carbocycles. The van der Waals surface area contributed by atoms with Gasteiger partial charge in [0.2, 0.25) is 0 Å². The van der Waals surface area contributed by atoms with Crippen molar-refractivity contribution in [2.24, 2.45) is 23.7 Å². The maximum absolute atomic E-state index is 13.0. The average Bonchev–Trinajstić information content (AvgIpc) is 3.10. The molecule has 0 aromatic heterocycles. The molecule has 0 radical (unpaired) electrons. The molecule has 2 saturated carbocycles. The quantitative estimate of drug-likeness (QED) is 0.777. The molecule has 2 saturated heterocycles. The molecule has 20 heavy (non-hydrogen) atoms. The van der Waals surface area contributed by atoms with Crippen molar-refractivity contribution in [3.05, 3.63) is 0 Å². The molecule has 1 spiro atoms. The van der Waals surface area contributed by atoms with E-state index < -0.39 is 0 Å². The Balaban J connectivity index is 1.44. The Morgan fingerprint density at radius 2 is 1.95 bits per heavy atom. The lowest BCUT2D eigenvalue weighted by Crippen LogP contribution is -2.45. The number of ketones is 1. The summed E-state index contributed by atoms with van der Waals surface area (Å²) >= 11 is 2.04.